The van der Waals surface area contributed by atoms with Crippen LogP contribution in [0.5, 0.6) is 5.75 Å². The van der Waals surface area contributed by atoms with Crippen molar-refractivity contribution in [2.24, 2.45) is 0 Å². The predicted octanol–water partition coefficient (Wildman–Crippen LogP) is 5.04. The highest BCUT2D eigenvalue weighted by atomic mass is 35.5. The highest BCUT2D eigenvalue weighted by Gasteiger charge is 2.14. The summed E-state index contributed by atoms with van der Waals surface area (Å²) in [6, 6.07) is 13.9. The maximum atomic E-state index is 13.6. The van der Waals surface area contributed by atoms with Gasteiger partial charge >= 0.3 is 0 Å². The third-order valence-corrected chi connectivity index (χ3v) is 4.73. The summed E-state index contributed by atoms with van der Waals surface area (Å²) in [6.45, 7) is 0. The molecule has 1 N–H and O–H groups in total. The quantitative estimate of drug-likeness (QED) is 0.482. The average Bonchev–Trinajstić information content (AvgIpc) is 3.14. The average molecular weight is 396 g/mol. The number of anilines is 1. The van der Waals surface area contributed by atoms with E-state index in [1.807, 2.05) is 40.9 Å². The molecule has 4 aromatic rings. The maximum absolute atomic E-state index is 13.6. The van der Waals surface area contributed by atoms with Crippen LogP contribution in [0.15, 0.2) is 60.9 Å². The minimum absolute atomic E-state index is 0.0302. The second-order valence-electron chi connectivity index (χ2n) is 6.10. The van der Waals surface area contributed by atoms with E-state index in [1.54, 1.807) is 25.4 Å². The summed E-state index contributed by atoms with van der Waals surface area (Å²) >= 11 is 5.95. The number of carbonyl (C=O) groups is 1. The van der Waals surface area contributed by atoms with Gasteiger partial charge in [-0.15, -0.1) is 0 Å². The van der Waals surface area contributed by atoms with E-state index in [-0.39, 0.29) is 5.02 Å². The molecule has 2 heterocycles. The summed E-state index contributed by atoms with van der Waals surface area (Å²) in [4.78, 5) is 15.5. The Morgan fingerprint density at radius 3 is 2.75 bits per heavy atom. The van der Waals surface area contributed by atoms with Crippen LogP contribution >= 0.6 is 11.6 Å². The van der Waals surface area contributed by atoms with Crippen LogP contribution in [0, 0.1) is 5.82 Å². The summed E-state index contributed by atoms with van der Waals surface area (Å²) < 4.78 is 20.7. The van der Waals surface area contributed by atoms with Crippen molar-refractivity contribution in [1.82, 2.24) is 9.38 Å². The number of aromatic nitrogens is 2. The van der Waals surface area contributed by atoms with E-state index in [1.165, 1.54) is 6.07 Å². The molecular weight excluding hydrogens is 381 g/mol. The van der Waals surface area contributed by atoms with Crippen LogP contribution in [-0.4, -0.2) is 22.9 Å². The van der Waals surface area contributed by atoms with Gasteiger partial charge < -0.3 is 10.1 Å². The van der Waals surface area contributed by atoms with Gasteiger partial charge in [-0.1, -0.05) is 23.7 Å². The fraction of sp³-hybridized carbons (Fsp3) is 0.0476. The zero-order valence-electron chi connectivity index (χ0n) is 14.8. The van der Waals surface area contributed by atoms with E-state index < -0.39 is 5.82 Å². The standard InChI is InChI=1S/C21H15ClFN3O2/c1-28-16-4-2-3-13(7-16)15-9-19(25-12-27)21-24-10-20(26(21)11-15)14-5-6-18(23)17(22)8-14/h2-12H,1H3,(H,25,27). The Morgan fingerprint density at radius 1 is 1.14 bits per heavy atom. The molecule has 0 bridgehead atoms. The van der Waals surface area contributed by atoms with E-state index >= 15 is 0 Å². The smallest absolute Gasteiger partial charge is 0.211 e. The Bertz CT molecular complexity index is 1190. The van der Waals surface area contributed by atoms with Crippen molar-refractivity contribution in [1.29, 1.82) is 0 Å². The number of imidazole rings is 1. The van der Waals surface area contributed by atoms with Gasteiger partial charge in [0.1, 0.15) is 11.6 Å². The molecule has 5 nitrogen and oxygen atoms in total. The largest absolute Gasteiger partial charge is 0.497 e. The number of nitrogens with zero attached hydrogens (tertiary/aromatic N) is 2. The number of hydrogen-bond donors (Lipinski definition) is 1. The van der Waals surface area contributed by atoms with Gasteiger partial charge in [0, 0.05) is 17.3 Å². The molecule has 28 heavy (non-hydrogen) atoms. The molecule has 4 rings (SSSR count). The monoisotopic (exact) mass is 395 g/mol. The van der Waals surface area contributed by atoms with Crippen molar-refractivity contribution in [3.8, 4) is 28.1 Å². The van der Waals surface area contributed by atoms with Crippen molar-refractivity contribution in [3.05, 3.63) is 71.8 Å². The molecule has 0 saturated carbocycles. The number of fused-ring (bicyclic) bond motifs is 1. The van der Waals surface area contributed by atoms with Gasteiger partial charge in [-0.2, -0.15) is 0 Å². The third kappa shape index (κ3) is 3.18. The zero-order valence-corrected chi connectivity index (χ0v) is 15.6. The molecule has 0 spiro atoms. The highest BCUT2D eigenvalue weighted by Crippen LogP contribution is 2.32. The molecule has 0 aliphatic rings. The number of ether oxygens (including phenoxy) is 1. The molecule has 7 heteroatoms. The van der Waals surface area contributed by atoms with Crippen LogP contribution in [0.4, 0.5) is 10.1 Å². The Morgan fingerprint density at radius 2 is 2.00 bits per heavy atom. The van der Waals surface area contributed by atoms with Gasteiger partial charge in [0.15, 0.2) is 5.65 Å². The molecule has 2 aromatic carbocycles. The summed E-state index contributed by atoms with van der Waals surface area (Å²) in [5, 5.41) is 2.72. The molecule has 140 valence electrons. The number of rotatable bonds is 5. The minimum atomic E-state index is -0.486. The lowest BCUT2D eigenvalue weighted by atomic mass is 10.1. The van der Waals surface area contributed by atoms with Gasteiger partial charge in [-0.05, 0) is 42.0 Å². The Balaban J connectivity index is 1.95. The molecule has 0 saturated heterocycles. The van der Waals surface area contributed by atoms with E-state index in [4.69, 9.17) is 16.3 Å². The molecule has 0 radical (unpaired) electrons. The summed E-state index contributed by atoms with van der Waals surface area (Å²) in [5.74, 6) is 0.235. The first-order valence-electron chi connectivity index (χ1n) is 8.42. The molecule has 0 aliphatic heterocycles. The summed E-state index contributed by atoms with van der Waals surface area (Å²) in [6.07, 6.45) is 4.16. The molecule has 0 atom stereocenters. The van der Waals surface area contributed by atoms with Crippen LogP contribution < -0.4 is 10.1 Å². The van der Waals surface area contributed by atoms with Crippen LogP contribution in [-0.2, 0) is 4.79 Å². The second kappa shape index (κ2) is 7.32. The van der Waals surface area contributed by atoms with Crippen LogP contribution in [0.2, 0.25) is 5.02 Å². The van der Waals surface area contributed by atoms with Gasteiger partial charge in [0.2, 0.25) is 6.41 Å². The van der Waals surface area contributed by atoms with Crippen molar-refractivity contribution < 1.29 is 13.9 Å². The first kappa shape index (κ1) is 18.0. The number of benzene rings is 2. The molecule has 0 aliphatic carbocycles. The minimum Gasteiger partial charge on any atom is -0.497 e. The first-order chi connectivity index (χ1) is 13.6. The number of hydrogen-bond acceptors (Lipinski definition) is 3. The Labute approximate surface area is 165 Å². The lowest BCUT2D eigenvalue weighted by Crippen LogP contribution is -2.00. The van der Waals surface area contributed by atoms with Crippen molar-refractivity contribution in [2.45, 2.75) is 0 Å². The molecular formula is C21H15ClFN3O2. The normalized spacial score (nSPS) is 10.8. The van der Waals surface area contributed by atoms with E-state index in [0.29, 0.717) is 23.3 Å². The second-order valence-corrected chi connectivity index (χ2v) is 6.51. The fourth-order valence-electron chi connectivity index (χ4n) is 3.09. The number of pyridine rings is 1. The first-order valence-corrected chi connectivity index (χ1v) is 8.79. The van der Waals surface area contributed by atoms with E-state index in [0.717, 1.165) is 22.6 Å². The summed E-state index contributed by atoms with van der Waals surface area (Å²) in [5.41, 5.74) is 4.30. The number of halogens is 2. The zero-order chi connectivity index (χ0) is 19.7. The van der Waals surface area contributed by atoms with E-state index in [9.17, 15) is 9.18 Å². The Hall–Kier alpha value is -3.38. The molecule has 0 fully saturated rings. The third-order valence-electron chi connectivity index (χ3n) is 4.44. The van der Waals surface area contributed by atoms with Crippen molar-refractivity contribution in [3.63, 3.8) is 0 Å². The summed E-state index contributed by atoms with van der Waals surface area (Å²) in [7, 11) is 1.61. The fourth-order valence-corrected chi connectivity index (χ4v) is 3.27. The number of methoxy groups -OCH3 is 1. The van der Waals surface area contributed by atoms with Gasteiger partial charge in [0.25, 0.3) is 0 Å². The SMILES string of the molecule is COc1cccc(-c2cc(NC=O)c3ncc(-c4ccc(F)c(Cl)c4)n3c2)c1. The van der Waals surface area contributed by atoms with Crippen molar-refractivity contribution in [2.75, 3.05) is 12.4 Å². The lowest BCUT2D eigenvalue weighted by Gasteiger charge is -2.11. The van der Waals surface area contributed by atoms with Crippen LogP contribution in [0.1, 0.15) is 0 Å². The molecule has 1 amide bonds. The Kier molecular flexibility index (Phi) is 4.71. The van der Waals surface area contributed by atoms with Gasteiger partial charge in [-0.3, -0.25) is 9.20 Å². The van der Waals surface area contributed by atoms with E-state index in [2.05, 4.69) is 10.3 Å². The predicted molar refractivity (Wildman–Crippen MR) is 107 cm³/mol. The van der Waals surface area contributed by atoms with Gasteiger partial charge in [-0.25, -0.2) is 9.37 Å². The molecule has 2 aromatic heterocycles. The van der Waals surface area contributed by atoms with Crippen LogP contribution in [0.25, 0.3) is 28.0 Å². The maximum Gasteiger partial charge on any atom is 0.211 e. The van der Waals surface area contributed by atoms with Crippen LogP contribution in [0.3, 0.4) is 0 Å². The van der Waals surface area contributed by atoms with Gasteiger partial charge in [0.05, 0.1) is 29.7 Å². The lowest BCUT2D eigenvalue weighted by molar-refractivity contribution is -0.105. The number of amides is 1. The number of nitrogens with one attached hydrogen (secondary N) is 1. The number of carbonyl (C=O) groups excluding carboxylic acids is 1. The topological polar surface area (TPSA) is 55.6 Å². The molecule has 0 unspecified atom stereocenters. The van der Waals surface area contributed by atoms with Crippen molar-refractivity contribution >= 4 is 29.3 Å². The highest BCUT2D eigenvalue weighted by molar-refractivity contribution is 6.31.